The van der Waals surface area contributed by atoms with E-state index in [4.69, 9.17) is 0 Å². The van der Waals surface area contributed by atoms with Crippen LogP contribution in [0.4, 0.5) is 0 Å². The molecule has 4 nitrogen and oxygen atoms in total. The summed E-state index contributed by atoms with van der Waals surface area (Å²) in [6, 6.07) is 0. The van der Waals surface area contributed by atoms with Crippen molar-refractivity contribution in [1.29, 1.82) is 0 Å². The molecule has 108 valence electrons. The van der Waals surface area contributed by atoms with Gasteiger partial charge < -0.3 is 10.0 Å². The van der Waals surface area contributed by atoms with Crippen molar-refractivity contribution in [1.82, 2.24) is 9.80 Å². The van der Waals surface area contributed by atoms with Gasteiger partial charge in [-0.1, -0.05) is 19.1 Å². The van der Waals surface area contributed by atoms with E-state index in [-0.39, 0.29) is 6.10 Å². The standard InChI is InChI=1S/C15H26N2O2/c1-2-14(18)12-16-7-9-17(10-8-16)15(19)11-13-5-3-4-6-13/h3,5,13-14,18H,2,4,6-12H2,1H3/t13-,14+/m1/s1. The fourth-order valence-electron chi connectivity index (χ4n) is 2.83. The molecule has 0 aromatic carbocycles. The zero-order valence-electron chi connectivity index (χ0n) is 11.9. The minimum Gasteiger partial charge on any atom is -0.392 e. The molecule has 0 aromatic rings. The number of aliphatic hydroxyl groups is 1. The van der Waals surface area contributed by atoms with Crippen LogP contribution in [0.15, 0.2) is 12.2 Å². The SMILES string of the molecule is CC[C@H](O)CN1CCN(C(=O)C[C@@H]2C=CCC2)CC1. The second kappa shape index (κ2) is 7.06. The van der Waals surface area contributed by atoms with Crippen molar-refractivity contribution in [2.45, 2.75) is 38.7 Å². The molecule has 19 heavy (non-hydrogen) atoms. The third kappa shape index (κ3) is 4.32. The number of carbonyl (C=O) groups excluding carboxylic acids is 1. The maximum absolute atomic E-state index is 12.2. The van der Waals surface area contributed by atoms with E-state index in [2.05, 4.69) is 17.1 Å². The zero-order chi connectivity index (χ0) is 13.7. The van der Waals surface area contributed by atoms with Gasteiger partial charge in [-0.05, 0) is 25.2 Å². The summed E-state index contributed by atoms with van der Waals surface area (Å²) in [5.41, 5.74) is 0. The van der Waals surface area contributed by atoms with Gasteiger partial charge in [0.05, 0.1) is 6.10 Å². The smallest absolute Gasteiger partial charge is 0.223 e. The zero-order valence-corrected chi connectivity index (χ0v) is 11.9. The van der Waals surface area contributed by atoms with Gasteiger partial charge in [-0.3, -0.25) is 9.69 Å². The van der Waals surface area contributed by atoms with E-state index in [9.17, 15) is 9.90 Å². The molecule has 1 fully saturated rings. The molecule has 1 amide bonds. The van der Waals surface area contributed by atoms with Crippen LogP contribution in [-0.2, 0) is 4.79 Å². The highest BCUT2D eigenvalue weighted by molar-refractivity contribution is 5.76. The Balaban J connectivity index is 1.70. The van der Waals surface area contributed by atoms with Crippen LogP contribution in [0, 0.1) is 5.92 Å². The fraction of sp³-hybridized carbons (Fsp3) is 0.800. The van der Waals surface area contributed by atoms with Crippen molar-refractivity contribution < 1.29 is 9.90 Å². The van der Waals surface area contributed by atoms with Gasteiger partial charge in [0.25, 0.3) is 0 Å². The first kappa shape index (κ1) is 14.5. The lowest BCUT2D eigenvalue weighted by molar-refractivity contribution is -0.133. The number of allylic oxidation sites excluding steroid dienone is 2. The van der Waals surface area contributed by atoms with E-state index in [0.29, 0.717) is 18.2 Å². The molecule has 0 aromatic heterocycles. The Morgan fingerprint density at radius 3 is 2.68 bits per heavy atom. The largest absolute Gasteiger partial charge is 0.392 e. The van der Waals surface area contributed by atoms with Crippen LogP contribution in [0.5, 0.6) is 0 Å². The van der Waals surface area contributed by atoms with E-state index in [1.54, 1.807) is 0 Å². The Morgan fingerprint density at radius 1 is 1.37 bits per heavy atom. The summed E-state index contributed by atoms with van der Waals surface area (Å²) < 4.78 is 0. The molecular weight excluding hydrogens is 240 g/mol. The van der Waals surface area contributed by atoms with Gasteiger partial charge in [0.1, 0.15) is 0 Å². The van der Waals surface area contributed by atoms with E-state index in [0.717, 1.165) is 52.0 Å². The van der Waals surface area contributed by atoms with E-state index >= 15 is 0 Å². The molecule has 1 aliphatic carbocycles. The van der Waals surface area contributed by atoms with Crippen molar-refractivity contribution >= 4 is 5.91 Å². The summed E-state index contributed by atoms with van der Waals surface area (Å²) in [6.07, 6.45) is 7.87. The summed E-state index contributed by atoms with van der Waals surface area (Å²) in [6.45, 7) is 6.15. The number of nitrogens with zero attached hydrogens (tertiary/aromatic N) is 2. The maximum Gasteiger partial charge on any atom is 0.223 e. The molecule has 2 rings (SSSR count). The van der Waals surface area contributed by atoms with Gasteiger partial charge in [0.2, 0.25) is 5.91 Å². The number of piperazine rings is 1. The van der Waals surface area contributed by atoms with Gasteiger partial charge >= 0.3 is 0 Å². The summed E-state index contributed by atoms with van der Waals surface area (Å²) in [5, 5.41) is 9.65. The van der Waals surface area contributed by atoms with Crippen LogP contribution in [0.25, 0.3) is 0 Å². The third-order valence-corrected chi connectivity index (χ3v) is 4.21. The van der Waals surface area contributed by atoms with Crippen LogP contribution in [0.1, 0.15) is 32.6 Å². The Morgan fingerprint density at radius 2 is 2.11 bits per heavy atom. The molecular formula is C15H26N2O2. The lowest BCUT2D eigenvalue weighted by Gasteiger charge is -2.36. The van der Waals surface area contributed by atoms with Crippen molar-refractivity contribution in [2.75, 3.05) is 32.7 Å². The van der Waals surface area contributed by atoms with Gasteiger partial charge in [-0.2, -0.15) is 0 Å². The monoisotopic (exact) mass is 266 g/mol. The highest BCUT2D eigenvalue weighted by atomic mass is 16.3. The van der Waals surface area contributed by atoms with Crippen molar-refractivity contribution in [3.05, 3.63) is 12.2 Å². The van der Waals surface area contributed by atoms with E-state index < -0.39 is 0 Å². The summed E-state index contributed by atoms with van der Waals surface area (Å²) >= 11 is 0. The fourth-order valence-corrected chi connectivity index (χ4v) is 2.83. The summed E-state index contributed by atoms with van der Waals surface area (Å²) in [7, 11) is 0. The van der Waals surface area contributed by atoms with E-state index in [1.165, 1.54) is 0 Å². The number of aliphatic hydroxyl groups excluding tert-OH is 1. The quantitative estimate of drug-likeness (QED) is 0.762. The van der Waals surface area contributed by atoms with Gasteiger partial charge in [0.15, 0.2) is 0 Å². The first-order chi connectivity index (χ1) is 9.19. The van der Waals surface area contributed by atoms with Crippen molar-refractivity contribution in [3.8, 4) is 0 Å². The number of β-amino-alcohol motifs (C(OH)–C–C–N with tert-alkyl or cyclic N) is 1. The molecule has 4 heteroatoms. The van der Waals surface area contributed by atoms with Crippen LogP contribution in [-0.4, -0.2) is 59.6 Å². The Kier molecular flexibility index (Phi) is 5.40. The van der Waals surface area contributed by atoms with Gasteiger partial charge in [0, 0.05) is 39.1 Å². The highest BCUT2D eigenvalue weighted by Gasteiger charge is 2.24. The van der Waals surface area contributed by atoms with Crippen molar-refractivity contribution in [2.24, 2.45) is 5.92 Å². The number of carbonyl (C=O) groups is 1. The predicted molar refractivity (Wildman–Crippen MR) is 75.8 cm³/mol. The average molecular weight is 266 g/mol. The highest BCUT2D eigenvalue weighted by Crippen LogP contribution is 2.21. The predicted octanol–water partition coefficient (Wildman–Crippen LogP) is 1.26. The number of hydrogen-bond donors (Lipinski definition) is 1. The van der Waals surface area contributed by atoms with Crippen LogP contribution >= 0.6 is 0 Å². The lowest BCUT2D eigenvalue weighted by Crippen LogP contribution is -2.50. The molecule has 1 saturated heterocycles. The van der Waals surface area contributed by atoms with Gasteiger partial charge in [-0.25, -0.2) is 0 Å². The molecule has 0 bridgehead atoms. The minimum absolute atomic E-state index is 0.231. The third-order valence-electron chi connectivity index (χ3n) is 4.21. The first-order valence-electron chi connectivity index (χ1n) is 7.54. The minimum atomic E-state index is -0.231. The second-order valence-corrected chi connectivity index (χ2v) is 5.71. The van der Waals surface area contributed by atoms with Gasteiger partial charge in [-0.15, -0.1) is 0 Å². The molecule has 0 saturated carbocycles. The topological polar surface area (TPSA) is 43.8 Å². The first-order valence-corrected chi connectivity index (χ1v) is 7.54. The molecule has 1 N–H and O–H groups in total. The Bertz CT molecular complexity index is 322. The number of rotatable bonds is 5. The molecule has 2 aliphatic rings. The molecule has 0 unspecified atom stereocenters. The lowest BCUT2D eigenvalue weighted by atomic mass is 10.0. The number of hydrogen-bond acceptors (Lipinski definition) is 3. The molecule has 1 aliphatic heterocycles. The molecule has 0 spiro atoms. The summed E-state index contributed by atoms with van der Waals surface area (Å²) in [4.78, 5) is 16.4. The van der Waals surface area contributed by atoms with Crippen LogP contribution < -0.4 is 0 Å². The van der Waals surface area contributed by atoms with E-state index in [1.807, 2.05) is 11.8 Å². The van der Waals surface area contributed by atoms with Crippen LogP contribution in [0.3, 0.4) is 0 Å². The number of amides is 1. The Labute approximate surface area is 116 Å². The van der Waals surface area contributed by atoms with Crippen LogP contribution in [0.2, 0.25) is 0 Å². The second-order valence-electron chi connectivity index (χ2n) is 5.71. The van der Waals surface area contributed by atoms with Crippen molar-refractivity contribution in [3.63, 3.8) is 0 Å². The summed E-state index contributed by atoms with van der Waals surface area (Å²) in [5.74, 6) is 0.764. The maximum atomic E-state index is 12.2. The average Bonchev–Trinajstić information content (AvgIpc) is 2.92. The molecule has 1 heterocycles. The molecule has 2 atom stereocenters. The molecule has 0 radical (unpaired) electrons. The normalized spacial score (nSPS) is 25.8. The Hall–Kier alpha value is -0.870.